The number of aliphatic carboxylic acids is 1. The van der Waals surface area contributed by atoms with Crippen molar-refractivity contribution in [3.63, 3.8) is 0 Å². The van der Waals surface area contributed by atoms with Crippen molar-refractivity contribution >= 4 is 17.6 Å². The smallest absolute Gasteiger partial charge is 0.303 e. The first kappa shape index (κ1) is 12.8. The molecule has 0 spiro atoms. The van der Waals surface area contributed by atoms with Crippen LogP contribution in [0.5, 0.6) is 5.75 Å². The van der Waals surface area contributed by atoms with Crippen LogP contribution in [0.2, 0.25) is 5.02 Å². The lowest BCUT2D eigenvalue weighted by Crippen LogP contribution is -2.12. The molecule has 0 aliphatic carbocycles. The molecular weight excluding hydrogens is 228 g/mol. The normalized spacial score (nSPS) is 12.1. The fraction of sp³-hybridized carbons (Fsp3) is 0.417. The van der Waals surface area contributed by atoms with E-state index in [1.165, 1.54) is 0 Å². The molecule has 1 rings (SSSR count). The van der Waals surface area contributed by atoms with Crippen LogP contribution in [0.4, 0.5) is 0 Å². The third-order valence-corrected chi connectivity index (χ3v) is 2.37. The molecule has 0 amide bonds. The van der Waals surface area contributed by atoms with Gasteiger partial charge in [-0.1, -0.05) is 17.7 Å². The summed E-state index contributed by atoms with van der Waals surface area (Å²) in [4.78, 5) is 10.3. The van der Waals surface area contributed by atoms with Crippen LogP contribution >= 0.6 is 11.6 Å². The molecule has 16 heavy (non-hydrogen) atoms. The second kappa shape index (κ2) is 6.38. The van der Waals surface area contributed by atoms with Gasteiger partial charge in [0.2, 0.25) is 0 Å². The largest absolute Gasteiger partial charge is 0.491 e. The molecule has 1 atom stereocenters. The highest BCUT2D eigenvalue weighted by Crippen LogP contribution is 2.19. The summed E-state index contributed by atoms with van der Waals surface area (Å²) in [6.07, 6.45) is 1.52. The fourth-order valence-electron chi connectivity index (χ4n) is 1.37. The highest BCUT2D eigenvalue weighted by atomic mass is 35.5. The van der Waals surface area contributed by atoms with E-state index >= 15 is 0 Å². The van der Waals surface area contributed by atoms with Crippen LogP contribution in [-0.4, -0.2) is 17.2 Å². The van der Waals surface area contributed by atoms with Crippen molar-refractivity contribution in [2.75, 3.05) is 0 Å². The maximum Gasteiger partial charge on any atom is 0.303 e. The molecule has 1 aromatic carbocycles. The molecule has 0 saturated carbocycles. The van der Waals surface area contributed by atoms with Crippen molar-refractivity contribution in [1.29, 1.82) is 0 Å². The minimum Gasteiger partial charge on any atom is -0.491 e. The summed E-state index contributed by atoms with van der Waals surface area (Å²) in [5.74, 6) is -0.0507. The lowest BCUT2D eigenvalue weighted by atomic mass is 10.2. The van der Waals surface area contributed by atoms with Gasteiger partial charge in [0, 0.05) is 11.4 Å². The number of rotatable bonds is 6. The number of carbonyl (C=O) groups is 1. The first-order chi connectivity index (χ1) is 7.58. The zero-order valence-electron chi connectivity index (χ0n) is 9.15. The van der Waals surface area contributed by atoms with E-state index in [0.717, 1.165) is 12.2 Å². The lowest BCUT2D eigenvalue weighted by molar-refractivity contribution is -0.137. The van der Waals surface area contributed by atoms with E-state index in [1.54, 1.807) is 12.1 Å². The Morgan fingerprint density at radius 1 is 1.56 bits per heavy atom. The molecule has 0 aliphatic heterocycles. The molecule has 4 heteroatoms. The number of hydrogen-bond acceptors (Lipinski definition) is 2. The van der Waals surface area contributed by atoms with E-state index in [-0.39, 0.29) is 12.5 Å². The van der Waals surface area contributed by atoms with Gasteiger partial charge in [0.15, 0.2) is 0 Å². The van der Waals surface area contributed by atoms with Crippen molar-refractivity contribution in [1.82, 2.24) is 0 Å². The first-order valence-electron chi connectivity index (χ1n) is 5.22. The van der Waals surface area contributed by atoms with Crippen molar-refractivity contribution in [2.24, 2.45) is 0 Å². The Kier molecular flexibility index (Phi) is 5.12. The van der Waals surface area contributed by atoms with Crippen LogP contribution in [0, 0.1) is 0 Å². The second-order valence-electron chi connectivity index (χ2n) is 3.67. The van der Waals surface area contributed by atoms with Crippen molar-refractivity contribution in [2.45, 2.75) is 32.3 Å². The van der Waals surface area contributed by atoms with Crippen LogP contribution in [0.25, 0.3) is 0 Å². The Morgan fingerprint density at radius 3 is 2.94 bits per heavy atom. The van der Waals surface area contributed by atoms with Crippen LogP contribution in [-0.2, 0) is 4.79 Å². The molecule has 1 unspecified atom stereocenters. The topological polar surface area (TPSA) is 46.5 Å². The minimum atomic E-state index is -0.769. The summed E-state index contributed by atoms with van der Waals surface area (Å²) in [6, 6.07) is 7.18. The van der Waals surface area contributed by atoms with E-state index in [1.807, 2.05) is 19.1 Å². The van der Waals surface area contributed by atoms with Gasteiger partial charge >= 0.3 is 5.97 Å². The highest BCUT2D eigenvalue weighted by Gasteiger charge is 2.05. The zero-order valence-corrected chi connectivity index (χ0v) is 9.91. The van der Waals surface area contributed by atoms with Gasteiger partial charge in [-0.2, -0.15) is 0 Å². The number of carboxylic acids is 1. The molecule has 3 nitrogen and oxygen atoms in total. The summed E-state index contributed by atoms with van der Waals surface area (Å²) in [5.41, 5.74) is 0. The maximum absolute atomic E-state index is 10.3. The van der Waals surface area contributed by atoms with Crippen LogP contribution in [0.1, 0.15) is 26.2 Å². The fourth-order valence-corrected chi connectivity index (χ4v) is 1.55. The predicted octanol–water partition coefficient (Wildman–Crippen LogP) is 3.36. The minimum absolute atomic E-state index is 0.00202. The zero-order chi connectivity index (χ0) is 12.0. The van der Waals surface area contributed by atoms with Crippen LogP contribution in [0.15, 0.2) is 24.3 Å². The molecular formula is C12H15ClO3. The van der Waals surface area contributed by atoms with E-state index in [4.69, 9.17) is 21.4 Å². The molecule has 0 aliphatic rings. The molecule has 0 bridgehead atoms. The molecule has 0 fully saturated rings. The SMILES string of the molecule is CC(CCCC(=O)O)Oc1cccc(Cl)c1. The van der Waals surface area contributed by atoms with E-state index < -0.39 is 5.97 Å². The summed E-state index contributed by atoms with van der Waals surface area (Å²) in [5, 5.41) is 9.13. The number of benzene rings is 1. The first-order valence-corrected chi connectivity index (χ1v) is 5.60. The number of ether oxygens (including phenoxy) is 1. The van der Waals surface area contributed by atoms with E-state index in [2.05, 4.69) is 0 Å². The van der Waals surface area contributed by atoms with Crippen LogP contribution < -0.4 is 4.74 Å². The van der Waals surface area contributed by atoms with E-state index in [9.17, 15) is 4.79 Å². The number of hydrogen-bond donors (Lipinski definition) is 1. The van der Waals surface area contributed by atoms with Gasteiger partial charge in [-0.3, -0.25) is 4.79 Å². The lowest BCUT2D eigenvalue weighted by Gasteiger charge is -2.14. The third-order valence-electron chi connectivity index (χ3n) is 2.13. The van der Waals surface area contributed by atoms with Crippen molar-refractivity contribution < 1.29 is 14.6 Å². The van der Waals surface area contributed by atoms with Gasteiger partial charge in [-0.05, 0) is 38.0 Å². The Bertz CT molecular complexity index is 352. The molecule has 0 aromatic heterocycles. The van der Waals surface area contributed by atoms with Gasteiger partial charge in [-0.25, -0.2) is 0 Å². The Labute approximate surface area is 100.0 Å². The quantitative estimate of drug-likeness (QED) is 0.832. The molecule has 88 valence electrons. The van der Waals surface area contributed by atoms with Crippen molar-refractivity contribution in [3.05, 3.63) is 29.3 Å². The summed E-state index contributed by atoms with van der Waals surface area (Å²) < 4.78 is 5.60. The van der Waals surface area contributed by atoms with Crippen LogP contribution in [0.3, 0.4) is 0 Å². The third kappa shape index (κ3) is 5.03. The Hall–Kier alpha value is -1.22. The Morgan fingerprint density at radius 2 is 2.31 bits per heavy atom. The Balaban J connectivity index is 2.33. The monoisotopic (exact) mass is 242 g/mol. The average molecular weight is 243 g/mol. The summed E-state index contributed by atoms with van der Waals surface area (Å²) >= 11 is 5.82. The summed E-state index contributed by atoms with van der Waals surface area (Å²) in [6.45, 7) is 1.92. The maximum atomic E-state index is 10.3. The molecule has 0 radical (unpaired) electrons. The highest BCUT2D eigenvalue weighted by molar-refractivity contribution is 6.30. The molecule has 0 heterocycles. The van der Waals surface area contributed by atoms with E-state index in [0.29, 0.717) is 11.4 Å². The predicted molar refractivity (Wildman–Crippen MR) is 63.0 cm³/mol. The number of carboxylic acid groups (broad SMARTS) is 1. The summed E-state index contributed by atoms with van der Waals surface area (Å²) in [7, 11) is 0. The number of halogens is 1. The van der Waals surface area contributed by atoms with Gasteiger partial charge in [0.05, 0.1) is 6.10 Å². The second-order valence-corrected chi connectivity index (χ2v) is 4.11. The van der Waals surface area contributed by atoms with Gasteiger partial charge in [-0.15, -0.1) is 0 Å². The van der Waals surface area contributed by atoms with Gasteiger partial charge in [0.1, 0.15) is 5.75 Å². The molecule has 0 saturated heterocycles. The molecule has 1 N–H and O–H groups in total. The van der Waals surface area contributed by atoms with Gasteiger partial charge in [0.25, 0.3) is 0 Å². The van der Waals surface area contributed by atoms with Gasteiger partial charge < -0.3 is 9.84 Å². The standard InChI is InChI=1S/C12H15ClO3/c1-9(4-2-7-12(14)15)16-11-6-3-5-10(13)8-11/h3,5-6,8-9H,2,4,7H2,1H3,(H,14,15). The average Bonchev–Trinajstić information content (AvgIpc) is 2.16. The molecule has 1 aromatic rings. The van der Waals surface area contributed by atoms with Crippen molar-refractivity contribution in [3.8, 4) is 5.75 Å².